The van der Waals surface area contributed by atoms with Gasteiger partial charge in [-0.1, -0.05) is 0 Å². The molecule has 1 fully saturated rings. The van der Waals surface area contributed by atoms with E-state index in [2.05, 4.69) is 17.3 Å². The highest BCUT2D eigenvalue weighted by Gasteiger charge is 2.31. The van der Waals surface area contributed by atoms with Crippen LogP contribution in [-0.4, -0.2) is 51.2 Å². The molecule has 1 saturated heterocycles. The lowest BCUT2D eigenvalue weighted by Crippen LogP contribution is -2.42. The van der Waals surface area contributed by atoms with E-state index < -0.39 is 0 Å². The standard InChI is InChI=1S/C9H18N2O2/c1-10-8(9(12)13-3)7-4-5-11(2)6-7/h7-8,10H,4-6H2,1-3H3. The molecule has 0 aromatic carbocycles. The Morgan fingerprint density at radius 3 is 2.77 bits per heavy atom. The second-order valence-electron chi connectivity index (χ2n) is 3.60. The zero-order chi connectivity index (χ0) is 9.84. The summed E-state index contributed by atoms with van der Waals surface area (Å²) in [5, 5.41) is 3.01. The number of likely N-dealkylation sites (N-methyl/N-ethyl adjacent to an activating group) is 1. The molecule has 0 radical (unpaired) electrons. The van der Waals surface area contributed by atoms with E-state index >= 15 is 0 Å². The summed E-state index contributed by atoms with van der Waals surface area (Å²) in [4.78, 5) is 13.6. The Morgan fingerprint density at radius 1 is 1.69 bits per heavy atom. The van der Waals surface area contributed by atoms with Crippen molar-refractivity contribution in [1.29, 1.82) is 0 Å². The third kappa shape index (κ3) is 2.42. The van der Waals surface area contributed by atoms with E-state index in [1.165, 1.54) is 7.11 Å². The van der Waals surface area contributed by atoms with E-state index in [0.29, 0.717) is 5.92 Å². The first-order chi connectivity index (χ1) is 6.19. The van der Waals surface area contributed by atoms with Gasteiger partial charge in [0.15, 0.2) is 0 Å². The van der Waals surface area contributed by atoms with Gasteiger partial charge in [-0.25, -0.2) is 0 Å². The van der Waals surface area contributed by atoms with Gasteiger partial charge in [0.2, 0.25) is 0 Å². The molecule has 0 saturated carbocycles. The Labute approximate surface area is 79.2 Å². The van der Waals surface area contributed by atoms with Gasteiger partial charge >= 0.3 is 5.97 Å². The SMILES string of the molecule is CNC(C(=O)OC)C1CCN(C)C1. The molecule has 0 spiro atoms. The summed E-state index contributed by atoms with van der Waals surface area (Å²) in [5.41, 5.74) is 0. The molecule has 0 bridgehead atoms. The number of carbonyl (C=O) groups is 1. The van der Waals surface area contributed by atoms with Gasteiger partial charge < -0.3 is 15.0 Å². The van der Waals surface area contributed by atoms with Crippen molar-refractivity contribution in [3.8, 4) is 0 Å². The first-order valence-electron chi connectivity index (χ1n) is 4.62. The van der Waals surface area contributed by atoms with Crippen LogP contribution in [0.3, 0.4) is 0 Å². The van der Waals surface area contributed by atoms with Gasteiger partial charge in [0.25, 0.3) is 0 Å². The van der Waals surface area contributed by atoms with Crippen molar-refractivity contribution in [3.05, 3.63) is 0 Å². The van der Waals surface area contributed by atoms with Crippen molar-refractivity contribution in [2.45, 2.75) is 12.5 Å². The number of nitrogens with zero attached hydrogens (tertiary/aromatic N) is 1. The van der Waals surface area contributed by atoms with Crippen LogP contribution in [0.4, 0.5) is 0 Å². The lowest BCUT2D eigenvalue weighted by atomic mass is 9.99. The van der Waals surface area contributed by atoms with Crippen molar-refractivity contribution in [2.75, 3.05) is 34.3 Å². The second kappa shape index (κ2) is 4.58. The van der Waals surface area contributed by atoms with Gasteiger partial charge in [0, 0.05) is 6.54 Å². The average Bonchev–Trinajstić information content (AvgIpc) is 2.53. The van der Waals surface area contributed by atoms with E-state index in [1.807, 2.05) is 0 Å². The first-order valence-corrected chi connectivity index (χ1v) is 4.62. The summed E-state index contributed by atoms with van der Waals surface area (Å²) in [5.74, 6) is 0.241. The van der Waals surface area contributed by atoms with Crippen LogP contribution in [0.25, 0.3) is 0 Å². The fraction of sp³-hybridized carbons (Fsp3) is 0.889. The van der Waals surface area contributed by atoms with Crippen LogP contribution >= 0.6 is 0 Å². The molecule has 2 unspecified atom stereocenters. The topological polar surface area (TPSA) is 41.6 Å². The molecule has 0 aliphatic carbocycles. The number of hydrogen-bond acceptors (Lipinski definition) is 4. The number of likely N-dealkylation sites (tertiary alicyclic amines) is 1. The van der Waals surface area contributed by atoms with Crippen LogP contribution in [0.5, 0.6) is 0 Å². The van der Waals surface area contributed by atoms with E-state index in [1.54, 1.807) is 7.05 Å². The number of nitrogens with one attached hydrogen (secondary N) is 1. The van der Waals surface area contributed by atoms with Gasteiger partial charge in [-0.3, -0.25) is 4.79 Å². The largest absolute Gasteiger partial charge is 0.468 e. The van der Waals surface area contributed by atoms with E-state index in [-0.39, 0.29) is 12.0 Å². The predicted molar refractivity (Wildman–Crippen MR) is 50.5 cm³/mol. The zero-order valence-corrected chi connectivity index (χ0v) is 8.54. The van der Waals surface area contributed by atoms with Crippen LogP contribution < -0.4 is 5.32 Å². The maximum Gasteiger partial charge on any atom is 0.323 e. The highest BCUT2D eigenvalue weighted by molar-refractivity contribution is 5.76. The van der Waals surface area contributed by atoms with Crippen molar-refractivity contribution >= 4 is 5.97 Å². The van der Waals surface area contributed by atoms with Crippen LogP contribution in [0.15, 0.2) is 0 Å². The molecule has 0 aromatic rings. The summed E-state index contributed by atoms with van der Waals surface area (Å²) in [7, 11) is 5.31. The fourth-order valence-corrected chi connectivity index (χ4v) is 1.91. The van der Waals surface area contributed by atoms with Gasteiger partial charge in [-0.2, -0.15) is 0 Å². The van der Waals surface area contributed by atoms with Gasteiger partial charge in [-0.15, -0.1) is 0 Å². The molecule has 76 valence electrons. The molecule has 4 nitrogen and oxygen atoms in total. The van der Waals surface area contributed by atoms with Crippen molar-refractivity contribution < 1.29 is 9.53 Å². The molecular weight excluding hydrogens is 168 g/mol. The molecule has 2 atom stereocenters. The van der Waals surface area contributed by atoms with Crippen molar-refractivity contribution in [2.24, 2.45) is 5.92 Å². The maximum absolute atomic E-state index is 11.3. The molecule has 0 aromatic heterocycles. The molecule has 0 amide bonds. The zero-order valence-electron chi connectivity index (χ0n) is 8.54. The molecule has 1 aliphatic heterocycles. The van der Waals surface area contributed by atoms with E-state index in [0.717, 1.165) is 19.5 Å². The van der Waals surface area contributed by atoms with Crippen LogP contribution in [0.1, 0.15) is 6.42 Å². The molecule has 1 N–H and O–H groups in total. The van der Waals surface area contributed by atoms with Gasteiger partial charge in [0.05, 0.1) is 7.11 Å². The average molecular weight is 186 g/mol. The van der Waals surface area contributed by atoms with Crippen LogP contribution in [-0.2, 0) is 9.53 Å². The van der Waals surface area contributed by atoms with Crippen molar-refractivity contribution in [3.63, 3.8) is 0 Å². The number of ether oxygens (including phenoxy) is 1. The minimum absolute atomic E-state index is 0.144. The number of carbonyl (C=O) groups excluding carboxylic acids is 1. The van der Waals surface area contributed by atoms with Crippen LogP contribution in [0.2, 0.25) is 0 Å². The number of rotatable bonds is 3. The maximum atomic E-state index is 11.3. The highest BCUT2D eigenvalue weighted by Crippen LogP contribution is 2.18. The summed E-state index contributed by atoms with van der Waals surface area (Å²) in [6, 6.07) is -0.144. The third-order valence-corrected chi connectivity index (χ3v) is 2.67. The van der Waals surface area contributed by atoms with Crippen molar-refractivity contribution in [1.82, 2.24) is 10.2 Å². The summed E-state index contributed by atoms with van der Waals surface area (Å²) in [6.07, 6.45) is 1.07. The van der Waals surface area contributed by atoms with Gasteiger partial charge in [0.1, 0.15) is 6.04 Å². The normalized spacial score (nSPS) is 25.9. The smallest absolute Gasteiger partial charge is 0.323 e. The monoisotopic (exact) mass is 186 g/mol. The quantitative estimate of drug-likeness (QED) is 0.614. The minimum atomic E-state index is -0.150. The summed E-state index contributed by atoms with van der Waals surface area (Å²) < 4.78 is 4.73. The summed E-state index contributed by atoms with van der Waals surface area (Å²) >= 11 is 0. The molecule has 1 rings (SSSR count). The van der Waals surface area contributed by atoms with E-state index in [9.17, 15) is 4.79 Å². The Morgan fingerprint density at radius 2 is 2.38 bits per heavy atom. The predicted octanol–water partition coefficient (Wildman–Crippen LogP) is -0.301. The molecule has 4 heteroatoms. The van der Waals surface area contributed by atoms with Gasteiger partial charge in [-0.05, 0) is 33.0 Å². The molecule has 1 heterocycles. The summed E-state index contributed by atoms with van der Waals surface area (Å²) in [6.45, 7) is 2.04. The van der Waals surface area contributed by atoms with Crippen LogP contribution in [0, 0.1) is 5.92 Å². The highest BCUT2D eigenvalue weighted by atomic mass is 16.5. The Bertz CT molecular complexity index is 184. The Hall–Kier alpha value is -0.610. The number of esters is 1. The Kier molecular flexibility index (Phi) is 3.69. The molecule has 1 aliphatic rings. The first kappa shape index (κ1) is 10.5. The second-order valence-corrected chi connectivity index (χ2v) is 3.60. The number of hydrogen-bond donors (Lipinski definition) is 1. The molecular formula is C9H18N2O2. The number of methoxy groups -OCH3 is 1. The Balaban J connectivity index is 2.51. The minimum Gasteiger partial charge on any atom is -0.468 e. The fourth-order valence-electron chi connectivity index (χ4n) is 1.91. The lowest BCUT2D eigenvalue weighted by molar-refractivity contribution is -0.144. The molecule has 13 heavy (non-hydrogen) atoms. The lowest BCUT2D eigenvalue weighted by Gasteiger charge is -2.20. The van der Waals surface area contributed by atoms with E-state index in [4.69, 9.17) is 4.74 Å². The third-order valence-electron chi connectivity index (χ3n) is 2.67.